The third-order valence-corrected chi connectivity index (χ3v) is 2.58. The maximum absolute atomic E-state index is 11.4. The highest BCUT2D eigenvalue weighted by Gasteiger charge is 2.10. The molecule has 0 saturated carbocycles. The maximum Gasteiger partial charge on any atom is 0.169 e. The van der Waals surface area contributed by atoms with E-state index in [1.54, 1.807) is 11.3 Å². The number of Topliss-reactive ketones (excluding diaryl/α,β-unsaturated/α-hetero) is 1. The van der Waals surface area contributed by atoms with Crippen LogP contribution in [0, 0.1) is 13.8 Å². The lowest BCUT2D eigenvalue weighted by Gasteiger charge is -1.92. The summed E-state index contributed by atoms with van der Waals surface area (Å²) in [6, 6.07) is 1.83. The van der Waals surface area contributed by atoms with E-state index >= 15 is 0 Å². The van der Waals surface area contributed by atoms with Gasteiger partial charge in [-0.3, -0.25) is 4.79 Å². The van der Waals surface area contributed by atoms with E-state index in [0.29, 0.717) is 5.56 Å². The number of hydrogen-bond acceptors (Lipinski definition) is 3. The summed E-state index contributed by atoms with van der Waals surface area (Å²) in [6.07, 6.45) is 0. The first-order chi connectivity index (χ1) is 6.15. The Hall–Kier alpha value is -1.32. The lowest BCUT2D eigenvalue weighted by Crippen LogP contribution is -2.02. The van der Waals surface area contributed by atoms with Crippen LogP contribution in [0.1, 0.15) is 20.1 Å². The Morgan fingerprint density at radius 1 is 1.69 bits per heavy atom. The average Bonchev–Trinajstić information content (AvgIpc) is 2.41. The molecule has 68 valence electrons. The molecule has 0 fully saturated rings. The van der Waals surface area contributed by atoms with Crippen molar-refractivity contribution in [3.63, 3.8) is 0 Å². The number of carbonyl (C=O) groups excluding carboxylic acids is 1. The van der Waals surface area contributed by atoms with Gasteiger partial charge in [-0.05, 0) is 25.4 Å². The Morgan fingerprint density at radius 2 is 2.38 bits per heavy atom. The van der Waals surface area contributed by atoms with Gasteiger partial charge in [0.15, 0.2) is 5.78 Å². The molecule has 1 aromatic heterocycles. The van der Waals surface area contributed by atoms with Crippen molar-refractivity contribution in [3.05, 3.63) is 31.8 Å². The Kier molecular flexibility index (Phi) is 3.06. The van der Waals surface area contributed by atoms with Crippen molar-refractivity contribution in [2.45, 2.75) is 13.8 Å². The first-order valence-electron chi connectivity index (χ1n) is 3.76. The number of nitrogens with zero attached hydrogens (tertiary/aromatic N) is 3. The van der Waals surface area contributed by atoms with E-state index in [1.165, 1.54) is 0 Å². The minimum Gasteiger partial charge on any atom is -0.294 e. The van der Waals surface area contributed by atoms with Crippen LogP contribution in [0.15, 0.2) is 11.2 Å². The molecule has 0 amide bonds. The zero-order chi connectivity index (χ0) is 9.84. The number of ketones is 1. The van der Waals surface area contributed by atoms with Gasteiger partial charge in [0.1, 0.15) is 0 Å². The monoisotopic (exact) mass is 195 g/mol. The van der Waals surface area contributed by atoms with Crippen LogP contribution >= 0.6 is 11.3 Å². The standard InChI is InChI=1S/C8H9N3OS/c1-5-3-7(6(2)13-5)8(12)4-10-11-9/h3H,4H2,1-2H3. The Morgan fingerprint density at radius 3 is 2.85 bits per heavy atom. The lowest BCUT2D eigenvalue weighted by atomic mass is 10.1. The SMILES string of the molecule is Cc1cc(C(=O)CN=[N+]=[N-])c(C)s1. The largest absolute Gasteiger partial charge is 0.294 e. The van der Waals surface area contributed by atoms with Gasteiger partial charge in [-0.25, -0.2) is 0 Å². The second kappa shape index (κ2) is 4.07. The van der Waals surface area contributed by atoms with Gasteiger partial charge in [-0.1, -0.05) is 5.11 Å². The average molecular weight is 195 g/mol. The molecule has 0 aliphatic rings. The molecule has 0 N–H and O–H groups in total. The van der Waals surface area contributed by atoms with Gasteiger partial charge < -0.3 is 0 Å². The summed E-state index contributed by atoms with van der Waals surface area (Å²) >= 11 is 1.58. The van der Waals surface area contributed by atoms with E-state index in [9.17, 15) is 4.79 Å². The van der Waals surface area contributed by atoms with Gasteiger partial charge in [0.25, 0.3) is 0 Å². The summed E-state index contributed by atoms with van der Waals surface area (Å²) in [6.45, 7) is 3.75. The summed E-state index contributed by atoms with van der Waals surface area (Å²) in [5.74, 6) is -0.111. The molecule has 1 rings (SSSR count). The van der Waals surface area contributed by atoms with Crippen LogP contribution in [0.25, 0.3) is 10.4 Å². The normalized spacial score (nSPS) is 9.38. The molecule has 0 radical (unpaired) electrons. The van der Waals surface area contributed by atoms with Gasteiger partial charge in [0.2, 0.25) is 0 Å². The van der Waals surface area contributed by atoms with Crippen LogP contribution in [0.3, 0.4) is 0 Å². The van der Waals surface area contributed by atoms with Gasteiger partial charge in [0.05, 0.1) is 6.54 Å². The summed E-state index contributed by atoms with van der Waals surface area (Å²) in [7, 11) is 0. The minimum atomic E-state index is -0.111. The topological polar surface area (TPSA) is 65.8 Å². The first kappa shape index (κ1) is 9.77. The molecule has 5 heteroatoms. The molecule has 0 saturated heterocycles. The highest BCUT2D eigenvalue weighted by Crippen LogP contribution is 2.20. The third-order valence-electron chi connectivity index (χ3n) is 1.62. The van der Waals surface area contributed by atoms with Crippen molar-refractivity contribution >= 4 is 17.1 Å². The van der Waals surface area contributed by atoms with Crippen molar-refractivity contribution in [3.8, 4) is 0 Å². The van der Waals surface area contributed by atoms with E-state index in [2.05, 4.69) is 10.0 Å². The van der Waals surface area contributed by atoms with Crippen LogP contribution < -0.4 is 0 Å². The number of carbonyl (C=O) groups is 1. The summed E-state index contributed by atoms with van der Waals surface area (Å²) in [4.78, 5) is 16.0. The predicted molar refractivity (Wildman–Crippen MR) is 52.1 cm³/mol. The quantitative estimate of drug-likeness (QED) is 0.316. The molecule has 1 aromatic rings. The van der Waals surface area contributed by atoms with E-state index in [0.717, 1.165) is 9.75 Å². The highest BCUT2D eigenvalue weighted by molar-refractivity contribution is 7.12. The van der Waals surface area contributed by atoms with E-state index in [-0.39, 0.29) is 12.3 Å². The highest BCUT2D eigenvalue weighted by atomic mass is 32.1. The molecule has 0 aromatic carbocycles. The zero-order valence-electron chi connectivity index (χ0n) is 7.44. The molecule has 0 aliphatic carbocycles. The Bertz CT molecular complexity index is 377. The second-order valence-electron chi connectivity index (χ2n) is 2.64. The van der Waals surface area contributed by atoms with E-state index in [1.807, 2.05) is 19.9 Å². The molecule has 0 bridgehead atoms. The van der Waals surface area contributed by atoms with Crippen LogP contribution in [0.4, 0.5) is 0 Å². The van der Waals surface area contributed by atoms with Gasteiger partial charge in [-0.15, -0.1) is 11.3 Å². The van der Waals surface area contributed by atoms with Gasteiger partial charge in [-0.2, -0.15) is 0 Å². The number of azide groups is 1. The van der Waals surface area contributed by atoms with Crippen LogP contribution in [-0.2, 0) is 0 Å². The lowest BCUT2D eigenvalue weighted by molar-refractivity contribution is 0.100. The molecular formula is C8H9N3OS. The molecule has 4 nitrogen and oxygen atoms in total. The van der Waals surface area contributed by atoms with Crippen LogP contribution in [0.5, 0.6) is 0 Å². The Labute approximate surface area is 79.8 Å². The summed E-state index contributed by atoms with van der Waals surface area (Å²) in [5.41, 5.74) is 8.72. The molecule has 0 atom stereocenters. The molecule has 13 heavy (non-hydrogen) atoms. The summed E-state index contributed by atoms with van der Waals surface area (Å²) < 4.78 is 0. The van der Waals surface area contributed by atoms with Gasteiger partial charge in [0, 0.05) is 20.2 Å². The molecular weight excluding hydrogens is 186 g/mol. The Balaban J connectivity index is 2.88. The number of hydrogen-bond donors (Lipinski definition) is 0. The minimum absolute atomic E-state index is 0.0898. The van der Waals surface area contributed by atoms with Crippen molar-refractivity contribution in [2.75, 3.05) is 6.54 Å². The van der Waals surface area contributed by atoms with Crippen LogP contribution in [0.2, 0.25) is 0 Å². The molecule has 0 unspecified atom stereocenters. The molecule has 1 heterocycles. The fourth-order valence-corrected chi connectivity index (χ4v) is 2.03. The molecule has 0 aliphatic heterocycles. The van der Waals surface area contributed by atoms with Crippen molar-refractivity contribution in [2.24, 2.45) is 5.11 Å². The number of rotatable bonds is 3. The van der Waals surface area contributed by atoms with Gasteiger partial charge >= 0.3 is 0 Å². The number of thiophene rings is 1. The predicted octanol–water partition coefficient (Wildman–Crippen LogP) is 2.86. The first-order valence-corrected chi connectivity index (χ1v) is 4.58. The van der Waals surface area contributed by atoms with Crippen molar-refractivity contribution in [1.82, 2.24) is 0 Å². The fourth-order valence-electron chi connectivity index (χ4n) is 1.09. The van der Waals surface area contributed by atoms with Crippen molar-refractivity contribution < 1.29 is 4.79 Å². The number of aryl methyl sites for hydroxylation is 2. The second-order valence-corrected chi connectivity index (χ2v) is 4.10. The third kappa shape index (κ3) is 2.31. The molecule has 0 spiro atoms. The maximum atomic E-state index is 11.4. The summed E-state index contributed by atoms with van der Waals surface area (Å²) in [5, 5.41) is 3.23. The zero-order valence-corrected chi connectivity index (χ0v) is 8.26. The fraction of sp³-hybridized carbons (Fsp3) is 0.375. The van der Waals surface area contributed by atoms with E-state index < -0.39 is 0 Å². The van der Waals surface area contributed by atoms with E-state index in [4.69, 9.17) is 5.53 Å². The van der Waals surface area contributed by atoms with Crippen LogP contribution in [-0.4, -0.2) is 12.3 Å². The smallest absolute Gasteiger partial charge is 0.169 e. The van der Waals surface area contributed by atoms with Crippen molar-refractivity contribution in [1.29, 1.82) is 0 Å².